The molecule has 1 aliphatic rings. The first-order chi connectivity index (χ1) is 9.43. The van der Waals surface area contributed by atoms with E-state index in [4.69, 9.17) is 0 Å². The van der Waals surface area contributed by atoms with Crippen LogP contribution < -0.4 is 0 Å². The third-order valence-corrected chi connectivity index (χ3v) is 4.30. The number of carbonyl (C=O) groups excluding carboxylic acids is 1. The smallest absolute Gasteiger partial charge is 0.309 e. The van der Waals surface area contributed by atoms with Gasteiger partial charge in [0.2, 0.25) is 0 Å². The number of carboxylic acids is 1. The number of benzene rings is 1. The van der Waals surface area contributed by atoms with Crippen molar-refractivity contribution in [2.24, 2.45) is 11.3 Å². The number of carboxylic acid groups (broad SMARTS) is 1. The van der Waals surface area contributed by atoms with Crippen LogP contribution in [0.3, 0.4) is 0 Å². The molecule has 1 aromatic rings. The van der Waals surface area contributed by atoms with Crippen LogP contribution in [0, 0.1) is 11.3 Å². The maximum absolute atomic E-state index is 12.4. The molecule has 1 unspecified atom stereocenters. The van der Waals surface area contributed by atoms with Gasteiger partial charge in [0, 0.05) is 18.7 Å². The molecule has 0 aromatic heterocycles. The van der Waals surface area contributed by atoms with Gasteiger partial charge in [0.1, 0.15) is 0 Å². The van der Waals surface area contributed by atoms with Crippen LogP contribution in [0.2, 0.25) is 0 Å². The van der Waals surface area contributed by atoms with Gasteiger partial charge in [-0.1, -0.05) is 18.2 Å². The molecule has 1 saturated heterocycles. The summed E-state index contributed by atoms with van der Waals surface area (Å²) in [6.45, 7) is 4.72. The van der Waals surface area contributed by atoms with Crippen molar-refractivity contribution in [1.82, 2.24) is 4.90 Å². The van der Waals surface area contributed by atoms with Crippen LogP contribution >= 0.6 is 0 Å². The number of piperidine rings is 1. The summed E-state index contributed by atoms with van der Waals surface area (Å²) in [6, 6.07) is 9.16. The molecule has 1 aromatic carbocycles. The number of rotatable bonds is 3. The zero-order valence-corrected chi connectivity index (χ0v) is 12.0. The molecule has 0 bridgehead atoms. The quantitative estimate of drug-likeness (QED) is 0.922. The fraction of sp³-hybridized carbons (Fsp3) is 0.500. The lowest BCUT2D eigenvalue weighted by Gasteiger charge is -2.39. The molecule has 0 radical (unpaired) electrons. The molecule has 1 aliphatic heterocycles. The second kappa shape index (κ2) is 5.65. The maximum Gasteiger partial charge on any atom is 0.309 e. The molecular formula is C16H21NO3. The van der Waals surface area contributed by atoms with Crippen LogP contribution in [0.4, 0.5) is 0 Å². The molecule has 1 heterocycles. The third kappa shape index (κ3) is 2.84. The lowest BCUT2D eigenvalue weighted by Crippen LogP contribution is -2.46. The summed E-state index contributed by atoms with van der Waals surface area (Å²) in [5.41, 5.74) is -0.128. The Bertz CT molecular complexity index is 496. The number of hydrogen-bond donors (Lipinski definition) is 1. The van der Waals surface area contributed by atoms with Gasteiger partial charge >= 0.3 is 5.97 Å². The highest BCUT2D eigenvalue weighted by atomic mass is 16.4. The Labute approximate surface area is 119 Å². The molecule has 0 aliphatic carbocycles. The first-order valence-electron chi connectivity index (χ1n) is 7.00. The summed E-state index contributed by atoms with van der Waals surface area (Å²) in [5.74, 6) is -0.797. The van der Waals surface area contributed by atoms with Gasteiger partial charge in [0.05, 0.1) is 5.41 Å². The molecule has 0 saturated carbocycles. The van der Waals surface area contributed by atoms with Gasteiger partial charge < -0.3 is 10.0 Å². The fourth-order valence-corrected chi connectivity index (χ4v) is 2.69. The van der Waals surface area contributed by atoms with Crippen LogP contribution in [-0.2, 0) is 4.79 Å². The highest BCUT2D eigenvalue weighted by Crippen LogP contribution is 2.34. The molecule has 1 fully saturated rings. The predicted molar refractivity (Wildman–Crippen MR) is 76.5 cm³/mol. The molecule has 20 heavy (non-hydrogen) atoms. The Hall–Kier alpha value is -1.84. The summed E-state index contributed by atoms with van der Waals surface area (Å²) >= 11 is 0. The van der Waals surface area contributed by atoms with Crippen molar-refractivity contribution in [3.63, 3.8) is 0 Å². The average Bonchev–Trinajstić information content (AvgIpc) is 2.47. The molecular weight excluding hydrogens is 254 g/mol. The zero-order chi connectivity index (χ0) is 14.8. The summed E-state index contributed by atoms with van der Waals surface area (Å²) in [6.07, 6.45) is 1.72. The Morgan fingerprint density at radius 3 is 2.50 bits per heavy atom. The highest BCUT2D eigenvalue weighted by molar-refractivity contribution is 5.94. The molecule has 1 N–H and O–H groups in total. The molecule has 1 atom stereocenters. The van der Waals surface area contributed by atoms with Crippen molar-refractivity contribution in [2.45, 2.75) is 26.7 Å². The SMILES string of the molecule is CC(C)(C(=O)O)C1CCCN(C(=O)c2ccccc2)C1. The second-order valence-electron chi connectivity index (χ2n) is 5.98. The molecule has 4 heteroatoms. The van der Waals surface area contributed by atoms with Gasteiger partial charge in [-0.2, -0.15) is 0 Å². The van der Waals surface area contributed by atoms with Crippen molar-refractivity contribution in [2.75, 3.05) is 13.1 Å². The molecule has 108 valence electrons. The Kier molecular flexibility index (Phi) is 4.12. The largest absolute Gasteiger partial charge is 0.481 e. The Morgan fingerprint density at radius 2 is 1.90 bits per heavy atom. The lowest BCUT2D eigenvalue weighted by atomic mass is 9.74. The van der Waals surface area contributed by atoms with Crippen molar-refractivity contribution < 1.29 is 14.7 Å². The van der Waals surface area contributed by atoms with E-state index in [1.807, 2.05) is 18.2 Å². The molecule has 2 rings (SSSR count). The van der Waals surface area contributed by atoms with Gasteiger partial charge in [-0.05, 0) is 44.7 Å². The lowest BCUT2D eigenvalue weighted by molar-refractivity contribution is -0.151. The van der Waals surface area contributed by atoms with Gasteiger partial charge in [0.15, 0.2) is 0 Å². The highest BCUT2D eigenvalue weighted by Gasteiger charge is 2.40. The number of nitrogens with zero attached hydrogens (tertiary/aromatic N) is 1. The van der Waals surface area contributed by atoms with E-state index >= 15 is 0 Å². The van der Waals surface area contributed by atoms with Gasteiger partial charge in [0.25, 0.3) is 5.91 Å². The van der Waals surface area contributed by atoms with Gasteiger partial charge in [-0.3, -0.25) is 9.59 Å². The Balaban J connectivity index is 2.11. The van der Waals surface area contributed by atoms with Crippen molar-refractivity contribution in [1.29, 1.82) is 0 Å². The number of likely N-dealkylation sites (tertiary alicyclic amines) is 1. The van der Waals surface area contributed by atoms with Crippen LogP contribution in [0.25, 0.3) is 0 Å². The van der Waals surface area contributed by atoms with Crippen LogP contribution in [-0.4, -0.2) is 35.0 Å². The van der Waals surface area contributed by atoms with E-state index < -0.39 is 11.4 Å². The van der Waals surface area contributed by atoms with Crippen LogP contribution in [0.15, 0.2) is 30.3 Å². The number of aliphatic carboxylic acids is 1. The van der Waals surface area contributed by atoms with E-state index in [1.165, 1.54) is 0 Å². The predicted octanol–water partition coefficient (Wildman–Crippen LogP) is 2.65. The Morgan fingerprint density at radius 1 is 1.25 bits per heavy atom. The fourth-order valence-electron chi connectivity index (χ4n) is 2.69. The van der Waals surface area contributed by atoms with Gasteiger partial charge in [-0.25, -0.2) is 0 Å². The zero-order valence-electron chi connectivity index (χ0n) is 12.0. The topological polar surface area (TPSA) is 57.6 Å². The first kappa shape index (κ1) is 14.6. The van der Waals surface area contributed by atoms with E-state index in [1.54, 1.807) is 30.9 Å². The third-order valence-electron chi connectivity index (χ3n) is 4.30. The van der Waals surface area contributed by atoms with E-state index in [9.17, 15) is 14.7 Å². The molecule has 0 spiro atoms. The van der Waals surface area contributed by atoms with Crippen LogP contribution in [0.5, 0.6) is 0 Å². The number of carbonyl (C=O) groups is 2. The molecule has 1 amide bonds. The summed E-state index contributed by atoms with van der Waals surface area (Å²) in [4.78, 5) is 25.6. The normalized spacial score (nSPS) is 19.7. The van der Waals surface area contributed by atoms with Crippen molar-refractivity contribution >= 4 is 11.9 Å². The van der Waals surface area contributed by atoms with E-state index in [-0.39, 0.29) is 11.8 Å². The van der Waals surface area contributed by atoms with E-state index in [0.717, 1.165) is 12.8 Å². The summed E-state index contributed by atoms with van der Waals surface area (Å²) in [5, 5.41) is 9.33. The average molecular weight is 275 g/mol. The maximum atomic E-state index is 12.4. The van der Waals surface area contributed by atoms with E-state index in [2.05, 4.69) is 0 Å². The standard InChI is InChI=1S/C16H21NO3/c1-16(2,15(19)20)13-9-6-10-17(11-13)14(18)12-7-4-3-5-8-12/h3-5,7-8,13H,6,9-11H2,1-2H3,(H,19,20). The minimum absolute atomic E-state index is 0.00131. The van der Waals surface area contributed by atoms with Crippen LogP contribution in [0.1, 0.15) is 37.0 Å². The van der Waals surface area contributed by atoms with Crippen molar-refractivity contribution in [3.05, 3.63) is 35.9 Å². The number of hydrogen-bond acceptors (Lipinski definition) is 2. The minimum Gasteiger partial charge on any atom is -0.481 e. The second-order valence-corrected chi connectivity index (χ2v) is 5.98. The monoisotopic (exact) mass is 275 g/mol. The molecule has 4 nitrogen and oxygen atoms in total. The summed E-state index contributed by atoms with van der Waals surface area (Å²) in [7, 11) is 0. The van der Waals surface area contributed by atoms with E-state index in [0.29, 0.717) is 18.7 Å². The first-order valence-corrected chi connectivity index (χ1v) is 7.00. The summed E-state index contributed by atoms with van der Waals surface area (Å²) < 4.78 is 0. The number of amides is 1. The minimum atomic E-state index is -0.796. The van der Waals surface area contributed by atoms with Crippen molar-refractivity contribution in [3.8, 4) is 0 Å². The van der Waals surface area contributed by atoms with Gasteiger partial charge in [-0.15, -0.1) is 0 Å².